The lowest BCUT2D eigenvalue weighted by Crippen LogP contribution is -1.94. The standard InChI is InChI=1S/C49H57N5/c1-9-18-40(42(20-11-3)30-34-52-48-26-15-13-24-46(48)38(5)6)28-32-50-36-44-22-17-23-45(54-44)37-51-33-29-41(19-10-2)43(21-12-4)31-35-53-49-27-16-14-25-47(49)39(7)8/h9-35,38-39H,36-37H2,1-8H3/b18-9-,19-10-,20-11-,21-12-,40-28+,41-29+,42-30-,43-31+,50-32?,51-33?,52-34?,53-35?. The number of hydrogen-bond acceptors (Lipinski definition) is 5. The fraction of sp³-hybridized carbons (Fsp3) is 0.245. The van der Waals surface area contributed by atoms with Crippen molar-refractivity contribution in [1.29, 1.82) is 0 Å². The first kappa shape index (κ1) is 42.6. The van der Waals surface area contributed by atoms with E-state index in [4.69, 9.17) is 15.0 Å². The average Bonchev–Trinajstić information content (AvgIpc) is 3.17. The summed E-state index contributed by atoms with van der Waals surface area (Å²) in [6, 6.07) is 22.6. The quantitative estimate of drug-likeness (QED) is 0.0955. The first-order chi connectivity index (χ1) is 26.3. The number of benzene rings is 2. The molecule has 54 heavy (non-hydrogen) atoms. The number of allylic oxidation sites excluding steroid dienone is 16. The van der Waals surface area contributed by atoms with Gasteiger partial charge in [0.05, 0.1) is 35.9 Å². The molecule has 0 spiro atoms. The number of rotatable bonds is 18. The third-order valence-electron chi connectivity index (χ3n) is 8.19. The van der Waals surface area contributed by atoms with Gasteiger partial charge in [-0.3, -0.25) is 25.0 Å². The first-order valence-electron chi connectivity index (χ1n) is 18.8. The van der Waals surface area contributed by atoms with Crippen molar-refractivity contribution in [3.63, 3.8) is 0 Å². The Morgan fingerprint density at radius 2 is 0.833 bits per heavy atom. The molecular weight excluding hydrogens is 659 g/mol. The summed E-state index contributed by atoms with van der Waals surface area (Å²) in [5.41, 5.74) is 10.4. The van der Waals surface area contributed by atoms with Gasteiger partial charge in [-0.15, -0.1) is 0 Å². The summed E-state index contributed by atoms with van der Waals surface area (Å²) >= 11 is 0. The zero-order chi connectivity index (χ0) is 39.0. The predicted molar refractivity (Wildman–Crippen MR) is 238 cm³/mol. The van der Waals surface area contributed by atoms with Gasteiger partial charge < -0.3 is 0 Å². The molecule has 278 valence electrons. The fourth-order valence-electron chi connectivity index (χ4n) is 5.56. The Balaban J connectivity index is 1.72. The van der Waals surface area contributed by atoms with Crippen LogP contribution in [0.1, 0.15) is 89.7 Å². The van der Waals surface area contributed by atoms with Crippen LogP contribution in [0.15, 0.2) is 182 Å². The topological polar surface area (TPSA) is 62.3 Å². The molecule has 0 amide bonds. The fourth-order valence-corrected chi connectivity index (χ4v) is 5.56. The van der Waals surface area contributed by atoms with Crippen LogP contribution in [0, 0.1) is 0 Å². The van der Waals surface area contributed by atoms with Crippen LogP contribution in [0.3, 0.4) is 0 Å². The number of aromatic nitrogens is 1. The molecule has 0 saturated heterocycles. The Morgan fingerprint density at radius 3 is 1.19 bits per heavy atom. The highest BCUT2D eigenvalue weighted by molar-refractivity contribution is 5.82. The van der Waals surface area contributed by atoms with Gasteiger partial charge in [0.1, 0.15) is 0 Å². The molecule has 0 aliphatic heterocycles. The summed E-state index contributed by atoms with van der Waals surface area (Å²) in [6.07, 6.45) is 32.1. The number of hydrogen-bond donors (Lipinski definition) is 0. The van der Waals surface area contributed by atoms with Crippen molar-refractivity contribution >= 4 is 36.2 Å². The van der Waals surface area contributed by atoms with Gasteiger partial charge in [-0.25, -0.2) is 0 Å². The van der Waals surface area contributed by atoms with Crippen molar-refractivity contribution < 1.29 is 0 Å². The maximum absolute atomic E-state index is 4.81. The molecule has 0 aliphatic rings. The second-order valence-electron chi connectivity index (χ2n) is 13.1. The van der Waals surface area contributed by atoms with E-state index in [0.717, 1.165) is 45.1 Å². The average molecular weight is 716 g/mol. The van der Waals surface area contributed by atoms with E-state index in [-0.39, 0.29) is 0 Å². The van der Waals surface area contributed by atoms with Crippen LogP contribution in [-0.2, 0) is 13.1 Å². The minimum Gasteiger partial charge on any atom is -0.287 e. The Morgan fingerprint density at radius 1 is 0.481 bits per heavy atom. The van der Waals surface area contributed by atoms with Gasteiger partial charge in [-0.1, -0.05) is 119 Å². The lowest BCUT2D eigenvalue weighted by Gasteiger charge is -2.08. The zero-order valence-corrected chi connectivity index (χ0v) is 33.4. The van der Waals surface area contributed by atoms with Gasteiger partial charge >= 0.3 is 0 Å². The summed E-state index contributed by atoms with van der Waals surface area (Å²) in [6.45, 7) is 17.8. The van der Waals surface area contributed by atoms with Crippen molar-refractivity contribution in [2.24, 2.45) is 20.0 Å². The molecule has 0 N–H and O–H groups in total. The highest BCUT2D eigenvalue weighted by Gasteiger charge is 2.05. The molecule has 2 aromatic carbocycles. The Kier molecular flexibility index (Phi) is 19.3. The molecule has 1 aromatic heterocycles. The van der Waals surface area contributed by atoms with Crippen LogP contribution in [0.2, 0.25) is 0 Å². The van der Waals surface area contributed by atoms with Gasteiger partial charge in [-0.05, 0) is 122 Å². The SMILES string of the molecule is C\C=C/C(=C/C=Nc1ccccc1C(C)C)C(/C=C\C)=C/C=NCc1cccc(CN=C/C=C(\C=C/C)C(/C=C\C)=C/C=Nc2ccccc2C(C)C)n1. The summed E-state index contributed by atoms with van der Waals surface area (Å²) in [4.78, 5) is 23.7. The van der Waals surface area contributed by atoms with Crippen LogP contribution >= 0.6 is 0 Å². The second-order valence-corrected chi connectivity index (χ2v) is 13.1. The van der Waals surface area contributed by atoms with Crippen molar-refractivity contribution in [3.8, 4) is 0 Å². The van der Waals surface area contributed by atoms with Gasteiger partial charge in [0.15, 0.2) is 0 Å². The first-order valence-corrected chi connectivity index (χ1v) is 18.8. The third kappa shape index (κ3) is 14.7. The highest BCUT2D eigenvalue weighted by Crippen LogP contribution is 2.27. The van der Waals surface area contributed by atoms with Crippen molar-refractivity contribution in [1.82, 2.24) is 4.98 Å². The van der Waals surface area contributed by atoms with E-state index in [1.807, 2.05) is 131 Å². The maximum Gasteiger partial charge on any atom is 0.0811 e. The Labute approximate surface area is 325 Å². The van der Waals surface area contributed by atoms with Crippen molar-refractivity contribution in [3.05, 3.63) is 184 Å². The molecular formula is C49H57N5. The maximum atomic E-state index is 4.81. The van der Waals surface area contributed by atoms with Crippen molar-refractivity contribution in [2.45, 2.75) is 80.3 Å². The monoisotopic (exact) mass is 715 g/mol. The minimum atomic E-state index is 0.406. The number of pyridine rings is 1. The van der Waals surface area contributed by atoms with Crippen molar-refractivity contribution in [2.75, 3.05) is 0 Å². The molecule has 5 nitrogen and oxygen atoms in total. The van der Waals surface area contributed by atoms with E-state index in [2.05, 4.69) is 98.4 Å². The molecule has 0 fully saturated rings. The molecule has 0 aliphatic carbocycles. The van der Waals surface area contributed by atoms with Gasteiger partial charge in [0.2, 0.25) is 0 Å². The molecule has 0 saturated carbocycles. The van der Waals surface area contributed by atoms with Crippen LogP contribution in [0.4, 0.5) is 11.4 Å². The summed E-state index contributed by atoms with van der Waals surface area (Å²) in [5, 5.41) is 0. The van der Waals surface area contributed by atoms with E-state index in [0.29, 0.717) is 24.9 Å². The van der Waals surface area contributed by atoms with E-state index in [1.54, 1.807) is 0 Å². The van der Waals surface area contributed by atoms with E-state index in [1.165, 1.54) is 11.1 Å². The molecule has 0 unspecified atom stereocenters. The van der Waals surface area contributed by atoms with E-state index >= 15 is 0 Å². The number of nitrogens with zero attached hydrogens (tertiary/aromatic N) is 5. The van der Waals surface area contributed by atoms with E-state index in [9.17, 15) is 0 Å². The van der Waals surface area contributed by atoms with E-state index < -0.39 is 0 Å². The molecule has 3 aromatic rings. The summed E-state index contributed by atoms with van der Waals surface area (Å²) < 4.78 is 0. The largest absolute Gasteiger partial charge is 0.287 e. The minimum absolute atomic E-state index is 0.406. The second kappa shape index (κ2) is 24.4. The molecule has 5 heteroatoms. The normalized spacial score (nSPS) is 14.3. The molecule has 0 atom stereocenters. The molecule has 3 rings (SSSR count). The summed E-state index contributed by atoms with van der Waals surface area (Å²) in [7, 11) is 0. The van der Waals surface area contributed by atoms with Crippen LogP contribution in [0.25, 0.3) is 0 Å². The highest BCUT2D eigenvalue weighted by atomic mass is 14.8. The smallest absolute Gasteiger partial charge is 0.0811 e. The Bertz CT molecular complexity index is 1860. The van der Waals surface area contributed by atoms with Gasteiger partial charge in [0.25, 0.3) is 0 Å². The van der Waals surface area contributed by atoms with Gasteiger partial charge in [0, 0.05) is 24.9 Å². The third-order valence-corrected chi connectivity index (χ3v) is 8.19. The van der Waals surface area contributed by atoms with Crippen LogP contribution < -0.4 is 0 Å². The number of aliphatic imine (C=N–C) groups is 4. The lowest BCUT2D eigenvalue weighted by molar-refractivity contribution is 0.867. The van der Waals surface area contributed by atoms with Crippen LogP contribution in [-0.4, -0.2) is 29.8 Å². The lowest BCUT2D eigenvalue weighted by atomic mass is 10.0. The van der Waals surface area contributed by atoms with Crippen LogP contribution in [0.5, 0.6) is 0 Å². The zero-order valence-electron chi connectivity index (χ0n) is 33.4. The molecule has 0 bridgehead atoms. The molecule has 1 heterocycles. The Hall–Kier alpha value is -5.81. The van der Waals surface area contributed by atoms with Gasteiger partial charge in [-0.2, -0.15) is 0 Å². The summed E-state index contributed by atoms with van der Waals surface area (Å²) in [5.74, 6) is 0.812. The number of para-hydroxylation sites is 2. The predicted octanol–water partition coefficient (Wildman–Crippen LogP) is 13.3. The molecule has 0 radical (unpaired) electrons.